The van der Waals surface area contributed by atoms with Crippen molar-refractivity contribution < 1.29 is 14.3 Å². The molecule has 0 saturated carbocycles. The molecule has 1 amide bonds. The lowest BCUT2D eigenvalue weighted by Gasteiger charge is -2.27. The highest BCUT2D eigenvalue weighted by Gasteiger charge is 2.19. The van der Waals surface area contributed by atoms with Gasteiger partial charge in [0, 0.05) is 45.0 Å². The summed E-state index contributed by atoms with van der Waals surface area (Å²) in [7, 11) is 1.69. The van der Waals surface area contributed by atoms with Crippen LogP contribution in [0.5, 0.6) is 0 Å². The van der Waals surface area contributed by atoms with Gasteiger partial charge in [0.15, 0.2) is 0 Å². The number of benzene rings is 1. The van der Waals surface area contributed by atoms with E-state index in [-0.39, 0.29) is 5.91 Å². The maximum atomic E-state index is 12.6. The van der Waals surface area contributed by atoms with Crippen molar-refractivity contribution in [3.8, 4) is 0 Å². The van der Waals surface area contributed by atoms with Crippen LogP contribution in [-0.2, 0) is 27.2 Å². The van der Waals surface area contributed by atoms with Crippen LogP contribution < -0.4 is 0 Å². The third kappa shape index (κ3) is 3.65. The number of morpholine rings is 1. The summed E-state index contributed by atoms with van der Waals surface area (Å²) in [6.45, 7) is 3.77. The fourth-order valence-corrected chi connectivity index (χ4v) is 3.61. The minimum absolute atomic E-state index is 0.163. The monoisotopic (exact) mass is 368 g/mol. The lowest BCUT2D eigenvalue weighted by atomic mass is 10.2. The first-order chi connectivity index (χ1) is 13.3. The number of aryl methyl sites for hydroxylation is 1. The van der Waals surface area contributed by atoms with Crippen LogP contribution in [-0.4, -0.2) is 65.4 Å². The molecule has 3 heterocycles. The van der Waals surface area contributed by atoms with E-state index in [1.54, 1.807) is 7.11 Å². The molecule has 1 aliphatic rings. The number of imidazole rings is 1. The Bertz CT molecular complexity index is 947. The predicted molar refractivity (Wildman–Crippen MR) is 103 cm³/mol. The van der Waals surface area contributed by atoms with Gasteiger partial charge in [-0.15, -0.1) is 0 Å². The summed E-state index contributed by atoms with van der Waals surface area (Å²) in [6, 6.07) is 8.05. The first kappa shape index (κ1) is 17.9. The number of aromatic nitrogens is 3. The molecule has 1 fully saturated rings. The van der Waals surface area contributed by atoms with Crippen molar-refractivity contribution >= 4 is 27.8 Å². The zero-order chi connectivity index (χ0) is 18.6. The molecular weight excluding hydrogens is 344 g/mol. The minimum Gasteiger partial charge on any atom is -0.384 e. The first-order valence-electron chi connectivity index (χ1n) is 9.35. The lowest BCUT2D eigenvalue weighted by molar-refractivity contribution is -0.135. The van der Waals surface area contributed by atoms with Gasteiger partial charge in [0.05, 0.1) is 37.1 Å². The Hall–Kier alpha value is -2.51. The first-order valence-corrected chi connectivity index (χ1v) is 9.35. The molecule has 1 aliphatic heterocycles. The standard InChI is InChI=1S/C20H24N4O3/c1-26-11-7-18-22-17-14-21-16-5-3-2-4-15(16)20(17)24(18)8-6-19(25)23-9-12-27-13-10-23/h2-5,14H,6-13H2,1H3. The molecule has 0 bridgehead atoms. The molecule has 7 nitrogen and oxygen atoms in total. The van der Waals surface area contributed by atoms with Gasteiger partial charge in [-0.2, -0.15) is 0 Å². The number of para-hydroxylation sites is 1. The normalized spacial score (nSPS) is 14.9. The second-order valence-corrected chi connectivity index (χ2v) is 6.67. The van der Waals surface area contributed by atoms with Gasteiger partial charge < -0.3 is 18.9 Å². The number of hydrogen-bond donors (Lipinski definition) is 0. The second kappa shape index (κ2) is 8.02. The SMILES string of the molecule is COCCc1nc2cnc3ccccc3c2n1CCC(=O)N1CCOCC1. The summed E-state index contributed by atoms with van der Waals surface area (Å²) >= 11 is 0. The van der Waals surface area contributed by atoms with E-state index in [0.717, 1.165) is 27.8 Å². The van der Waals surface area contributed by atoms with Gasteiger partial charge in [-0.1, -0.05) is 18.2 Å². The van der Waals surface area contributed by atoms with Crippen molar-refractivity contribution in [1.29, 1.82) is 0 Å². The topological polar surface area (TPSA) is 69.5 Å². The van der Waals surface area contributed by atoms with E-state index >= 15 is 0 Å². The van der Waals surface area contributed by atoms with Crippen LogP contribution >= 0.6 is 0 Å². The number of carbonyl (C=O) groups excluding carboxylic acids is 1. The molecule has 2 aromatic heterocycles. The van der Waals surface area contributed by atoms with E-state index in [0.29, 0.717) is 52.3 Å². The van der Waals surface area contributed by atoms with Gasteiger partial charge >= 0.3 is 0 Å². The van der Waals surface area contributed by atoms with Gasteiger partial charge in [-0.25, -0.2) is 4.98 Å². The van der Waals surface area contributed by atoms with Crippen LogP contribution in [0.15, 0.2) is 30.5 Å². The van der Waals surface area contributed by atoms with Crippen LogP contribution in [0.1, 0.15) is 12.2 Å². The lowest BCUT2D eigenvalue weighted by Crippen LogP contribution is -2.41. The smallest absolute Gasteiger partial charge is 0.224 e. The van der Waals surface area contributed by atoms with Crippen molar-refractivity contribution in [3.63, 3.8) is 0 Å². The van der Waals surface area contributed by atoms with Crippen molar-refractivity contribution in [3.05, 3.63) is 36.3 Å². The third-order valence-electron chi connectivity index (χ3n) is 5.00. The molecule has 0 atom stereocenters. The quantitative estimate of drug-likeness (QED) is 0.666. The van der Waals surface area contributed by atoms with Crippen molar-refractivity contribution in [2.45, 2.75) is 19.4 Å². The summed E-state index contributed by atoms with van der Waals surface area (Å²) in [4.78, 5) is 23.8. The number of nitrogens with zero attached hydrogens (tertiary/aromatic N) is 4. The Balaban J connectivity index is 1.67. The highest BCUT2D eigenvalue weighted by molar-refractivity contribution is 6.02. The molecule has 1 saturated heterocycles. The Morgan fingerprint density at radius 3 is 2.85 bits per heavy atom. The molecule has 0 N–H and O–H groups in total. The van der Waals surface area contributed by atoms with Crippen LogP contribution in [0.3, 0.4) is 0 Å². The van der Waals surface area contributed by atoms with Gasteiger partial charge in [-0.3, -0.25) is 9.78 Å². The maximum Gasteiger partial charge on any atom is 0.224 e. The number of amides is 1. The highest BCUT2D eigenvalue weighted by atomic mass is 16.5. The van der Waals surface area contributed by atoms with Crippen LogP contribution in [0.4, 0.5) is 0 Å². The molecule has 4 rings (SSSR count). The van der Waals surface area contributed by atoms with Gasteiger partial charge in [0.1, 0.15) is 11.3 Å². The summed E-state index contributed by atoms with van der Waals surface area (Å²) in [5.41, 5.74) is 2.84. The average Bonchev–Trinajstić information content (AvgIpc) is 3.09. The fraction of sp³-hybridized carbons (Fsp3) is 0.450. The van der Waals surface area contributed by atoms with E-state index in [9.17, 15) is 4.79 Å². The number of methoxy groups -OCH3 is 1. The number of pyridine rings is 1. The third-order valence-corrected chi connectivity index (χ3v) is 5.00. The van der Waals surface area contributed by atoms with E-state index in [1.807, 2.05) is 29.3 Å². The van der Waals surface area contributed by atoms with Crippen molar-refractivity contribution in [2.75, 3.05) is 40.0 Å². The Morgan fingerprint density at radius 2 is 2.04 bits per heavy atom. The average molecular weight is 368 g/mol. The van der Waals surface area contributed by atoms with E-state index in [4.69, 9.17) is 14.5 Å². The number of carbonyl (C=O) groups is 1. The number of fused-ring (bicyclic) bond motifs is 3. The van der Waals surface area contributed by atoms with Crippen LogP contribution in [0.2, 0.25) is 0 Å². The van der Waals surface area contributed by atoms with Crippen molar-refractivity contribution in [2.24, 2.45) is 0 Å². The number of ether oxygens (including phenoxy) is 2. The zero-order valence-corrected chi connectivity index (χ0v) is 15.6. The van der Waals surface area contributed by atoms with E-state index in [1.165, 1.54) is 0 Å². The van der Waals surface area contributed by atoms with E-state index < -0.39 is 0 Å². The highest BCUT2D eigenvalue weighted by Crippen LogP contribution is 2.25. The van der Waals surface area contributed by atoms with Gasteiger partial charge in [-0.05, 0) is 6.07 Å². The molecular formula is C20H24N4O3. The molecule has 142 valence electrons. The molecule has 27 heavy (non-hydrogen) atoms. The summed E-state index contributed by atoms with van der Waals surface area (Å²) in [6.07, 6.45) is 2.96. The zero-order valence-electron chi connectivity index (χ0n) is 15.6. The molecule has 3 aromatic rings. The number of hydrogen-bond acceptors (Lipinski definition) is 5. The molecule has 0 aliphatic carbocycles. The van der Waals surface area contributed by atoms with Crippen LogP contribution in [0.25, 0.3) is 21.9 Å². The van der Waals surface area contributed by atoms with Gasteiger partial charge in [0.25, 0.3) is 0 Å². The molecule has 1 aromatic carbocycles. The molecule has 7 heteroatoms. The van der Waals surface area contributed by atoms with Gasteiger partial charge in [0.2, 0.25) is 5.91 Å². The Labute approximate surface area is 157 Å². The van der Waals surface area contributed by atoms with Crippen molar-refractivity contribution in [1.82, 2.24) is 19.4 Å². The Kier molecular flexibility index (Phi) is 5.31. The summed E-state index contributed by atoms with van der Waals surface area (Å²) in [5.74, 6) is 1.09. The largest absolute Gasteiger partial charge is 0.384 e. The molecule has 0 spiro atoms. The molecule has 0 radical (unpaired) electrons. The van der Waals surface area contributed by atoms with E-state index in [2.05, 4.69) is 15.6 Å². The summed E-state index contributed by atoms with van der Waals surface area (Å²) < 4.78 is 12.7. The maximum absolute atomic E-state index is 12.6. The number of rotatable bonds is 6. The molecule has 0 unspecified atom stereocenters. The predicted octanol–water partition coefficient (Wildman–Crippen LogP) is 2.02. The Morgan fingerprint density at radius 1 is 1.22 bits per heavy atom. The second-order valence-electron chi connectivity index (χ2n) is 6.67. The fourth-order valence-electron chi connectivity index (χ4n) is 3.61. The minimum atomic E-state index is 0.163. The summed E-state index contributed by atoms with van der Waals surface area (Å²) in [5, 5.41) is 1.06. The van der Waals surface area contributed by atoms with Crippen LogP contribution in [0, 0.1) is 0 Å².